The number of rotatable bonds is 9. The topological polar surface area (TPSA) is 89.9 Å². The minimum atomic E-state index is -0.897. The molecule has 0 unspecified atom stereocenters. The number of hydrogen-bond donors (Lipinski definition) is 1. The third kappa shape index (κ3) is 7.59. The van der Waals surface area contributed by atoms with Gasteiger partial charge in [0.1, 0.15) is 13.2 Å². The number of hydrogen-bond acceptors (Lipinski definition) is 5. The molecule has 0 atom stereocenters. The van der Waals surface area contributed by atoms with Crippen LogP contribution in [-0.4, -0.2) is 68.4 Å². The van der Waals surface area contributed by atoms with Crippen LogP contribution in [0.25, 0.3) is 0 Å². The quantitative estimate of drug-likeness (QED) is 0.388. The van der Waals surface area contributed by atoms with Crippen LogP contribution in [0.1, 0.15) is 34.1 Å². The van der Waals surface area contributed by atoms with E-state index in [4.69, 9.17) is 9.84 Å². The second-order valence-electron chi connectivity index (χ2n) is 7.30. The highest BCUT2D eigenvalue weighted by atomic mass is 16.5. The van der Waals surface area contributed by atoms with E-state index in [0.717, 1.165) is 5.57 Å². The van der Waals surface area contributed by atoms with E-state index in [-0.39, 0.29) is 23.6 Å². The predicted molar refractivity (Wildman–Crippen MR) is 89.2 cm³/mol. The molecule has 0 amide bonds. The van der Waals surface area contributed by atoms with E-state index in [2.05, 4.69) is 4.74 Å². The maximum absolute atomic E-state index is 12.3. The molecule has 7 heteroatoms. The van der Waals surface area contributed by atoms with E-state index in [1.807, 2.05) is 0 Å². The highest BCUT2D eigenvalue weighted by molar-refractivity contribution is 5.88. The Morgan fingerprint density at radius 1 is 1.12 bits per heavy atom. The zero-order chi connectivity index (χ0) is 19.1. The first-order valence-corrected chi connectivity index (χ1v) is 7.78. The molecule has 0 aromatic heterocycles. The van der Waals surface area contributed by atoms with Gasteiger partial charge in [0.05, 0.1) is 26.6 Å². The number of methoxy groups -OCH3 is 1. The summed E-state index contributed by atoms with van der Waals surface area (Å²) >= 11 is 0. The van der Waals surface area contributed by atoms with E-state index >= 15 is 0 Å². The van der Waals surface area contributed by atoms with Gasteiger partial charge in [0.25, 0.3) is 0 Å². The van der Waals surface area contributed by atoms with Gasteiger partial charge in [-0.2, -0.15) is 0 Å². The van der Waals surface area contributed by atoms with E-state index in [1.54, 1.807) is 41.8 Å². The number of quaternary nitrogens is 1. The predicted octanol–water partition coefficient (Wildman–Crippen LogP) is 1.62. The molecule has 0 spiro atoms. The molecule has 0 radical (unpaired) electrons. The fraction of sp³-hybridized carbons (Fsp3) is 0.706. The van der Waals surface area contributed by atoms with Crippen molar-refractivity contribution in [3.05, 3.63) is 11.1 Å². The van der Waals surface area contributed by atoms with Crippen molar-refractivity contribution >= 4 is 17.9 Å². The Morgan fingerprint density at radius 2 is 1.67 bits per heavy atom. The molecule has 0 saturated carbocycles. The average molecular weight is 344 g/mol. The lowest BCUT2D eigenvalue weighted by molar-refractivity contribution is -0.883. The number of carboxylic acid groups (broad SMARTS) is 1. The average Bonchev–Trinajstić information content (AvgIpc) is 2.43. The van der Waals surface area contributed by atoms with E-state index in [0.29, 0.717) is 18.5 Å². The van der Waals surface area contributed by atoms with Gasteiger partial charge in [-0.3, -0.25) is 4.79 Å². The van der Waals surface area contributed by atoms with Gasteiger partial charge in [-0.15, -0.1) is 0 Å². The summed E-state index contributed by atoms with van der Waals surface area (Å²) < 4.78 is 10.2. The molecule has 0 aliphatic heterocycles. The number of nitrogens with zero attached hydrogens (tertiary/aromatic N) is 1. The van der Waals surface area contributed by atoms with Crippen LogP contribution in [0.2, 0.25) is 0 Å². The molecule has 138 valence electrons. The molecule has 0 aromatic rings. The van der Waals surface area contributed by atoms with Crippen molar-refractivity contribution in [3.8, 4) is 0 Å². The van der Waals surface area contributed by atoms with Crippen LogP contribution in [0.4, 0.5) is 0 Å². The summed E-state index contributed by atoms with van der Waals surface area (Å²) in [4.78, 5) is 34.6. The number of ether oxygens (including phenoxy) is 2. The smallest absolute Gasteiger partial charge is 0.359 e. The number of carbonyl (C=O) groups is 3. The second-order valence-corrected chi connectivity index (χ2v) is 7.30. The Morgan fingerprint density at radius 3 is 2.12 bits per heavy atom. The van der Waals surface area contributed by atoms with Crippen molar-refractivity contribution in [2.45, 2.75) is 34.1 Å². The zero-order valence-corrected chi connectivity index (χ0v) is 15.8. The molecule has 0 bridgehead atoms. The van der Waals surface area contributed by atoms with Crippen molar-refractivity contribution < 1.29 is 33.4 Å². The number of allylic oxidation sites excluding steroid dienone is 1. The Labute approximate surface area is 143 Å². The molecule has 0 aliphatic rings. The summed E-state index contributed by atoms with van der Waals surface area (Å²) in [5.74, 6) is -1.69. The lowest BCUT2D eigenvalue weighted by Crippen LogP contribution is -2.46. The van der Waals surface area contributed by atoms with Gasteiger partial charge in [0, 0.05) is 5.57 Å². The van der Waals surface area contributed by atoms with Crippen LogP contribution in [0.3, 0.4) is 0 Å². The van der Waals surface area contributed by atoms with Gasteiger partial charge in [-0.05, 0) is 34.1 Å². The first-order valence-electron chi connectivity index (χ1n) is 7.78. The summed E-state index contributed by atoms with van der Waals surface area (Å²) in [6.45, 7) is 7.45. The van der Waals surface area contributed by atoms with Gasteiger partial charge in [-0.1, -0.05) is 5.57 Å². The fourth-order valence-electron chi connectivity index (χ4n) is 2.22. The molecule has 0 aromatic carbocycles. The molecule has 0 rings (SSSR count). The molecule has 0 saturated heterocycles. The van der Waals surface area contributed by atoms with Crippen molar-refractivity contribution in [3.63, 3.8) is 0 Å². The summed E-state index contributed by atoms with van der Waals surface area (Å²) in [7, 11) is 4.84. The van der Waals surface area contributed by atoms with Gasteiger partial charge in [-0.25, -0.2) is 9.59 Å². The van der Waals surface area contributed by atoms with Crippen LogP contribution in [0.5, 0.6) is 0 Å². The molecule has 1 N–H and O–H groups in total. The fourth-order valence-corrected chi connectivity index (χ4v) is 2.22. The van der Waals surface area contributed by atoms with Gasteiger partial charge < -0.3 is 19.1 Å². The van der Waals surface area contributed by atoms with Crippen molar-refractivity contribution in [2.24, 2.45) is 5.41 Å². The minimum absolute atomic E-state index is 0.0406. The number of esters is 2. The maximum Gasteiger partial charge on any atom is 0.359 e. The van der Waals surface area contributed by atoms with Crippen molar-refractivity contribution in [2.75, 3.05) is 40.9 Å². The Balaban J connectivity index is 4.69. The molecule has 7 nitrogen and oxygen atoms in total. The molecule has 0 aliphatic carbocycles. The lowest BCUT2D eigenvalue weighted by Gasteiger charge is -2.29. The number of carbonyl (C=O) groups excluding carboxylic acids is 2. The van der Waals surface area contributed by atoms with Crippen LogP contribution in [0.15, 0.2) is 11.1 Å². The number of aliphatic carboxylic acids is 1. The molecule has 24 heavy (non-hydrogen) atoms. The standard InChI is InChI=1S/C17H29NO6/c1-12(13(2)15(21)23-7)10-17(3,4)16(22)24-9-8-18(5,6)11-14(19)20/h8-11H2,1-7H3/p+1. The van der Waals surface area contributed by atoms with Crippen molar-refractivity contribution in [1.82, 2.24) is 0 Å². The van der Waals surface area contributed by atoms with Gasteiger partial charge in [0.2, 0.25) is 0 Å². The van der Waals surface area contributed by atoms with Crippen LogP contribution >= 0.6 is 0 Å². The van der Waals surface area contributed by atoms with Crippen LogP contribution < -0.4 is 0 Å². The van der Waals surface area contributed by atoms with E-state index < -0.39 is 17.4 Å². The minimum Gasteiger partial charge on any atom is -0.477 e. The molecular weight excluding hydrogens is 314 g/mol. The molecule has 0 heterocycles. The first kappa shape index (κ1) is 22.1. The van der Waals surface area contributed by atoms with Crippen LogP contribution in [-0.2, 0) is 23.9 Å². The summed E-state index contributed by atoms with van der Waals surface area (Å²) in [6.07, 6.45) is 0.375. The zero-order valence-electron chi connectivity index (χ0n) is 15.8. The maximum atomic E-state index is 12.3. The molecular formula is C17H30NO6+. The third-order valence-electron chi connectivity index (χ3n) is 3.88. The Bertz CT molecular complexity index is 519. The van der Waals surface area contributed by atoms with E-state index in [1.165, 1.54) is 7.11 Å². The summed E-state index contributed by atoms with van der Waals surface area (Å²) in [5, 5.41) is 8.84. The van der Waals surface area contributed by atoms with Crippen molar-refractivity contribution in [1.29, 1.82) is 0 Å². The lowest BCUT2D eigenvalue weighted by atomic mass is 9.84. The third-order valence-corrected chi connectivity index (χ3v) is 3.88. The summed E-state index contributed by atoms with van der Waals surface area (Å²) in [6, 6.07) is 0. The monoisotopic (exact) mass is 344 g/mol. The number of carboxylic acids is 1. The highest BCUT2D eigenvalue weighted by Gasteiger charge is 2.31. The van der Waals surface area contributed by atoms with Gasteiger partial charge >= 0.3 is 17.9 Å². The first-order chi connectivity index (χ1) is 10.8. The largest absolute Gasteiger partial charge is 0.477 e. The van der Waals surface area contributed by atoms with Crippen LogP contribution in [0, 0.1) is 5.41 Å². The Hall–Kier alpha value is -1.89. The Kier molecular flexibility index (Phi) is 8.13. The highest BCUT2D eigenvalue weighted by Crippen LogP contribution is 2.28. The summed E-state index contributed by atoms with van der Waals surface area (Å²) in [5.41, 5.74) is 0.465. The number of likely N-dealkylation sites (N-methyl/N-ethyl adjacent to an activating group) is 1. The van der Waals surface area contributed by atoms with E-state index in [9.17, 15) is 14.4 Å². The van der Waals surface area contributed by atoms with Gasteiger partial charge in [0.15, 0.2) is 6.54 Å². The second kappa shape index (κ2) is 8.82. The SMILES string of the molecule is COC(=O)C(C)=C(C)CC(C)(C)C(=O)OCC[N+](C)(C)CC(=O)O. The normalized spacial score (nSPS) is 13.1. The molecule has 0 fully saturated rings.